The van der Waals surface area contributed by atoms with Crippen LogP contribution < -0.4 is 4.74 Å². The summed E-state index contributed by atoms with van der Waals surface area (Å²) in [7, 11) is 3.32. The Morgan fingerprint density at radius 1 is 1.30 bits per heavy atom. The van der Waals surface area contributed by atoms with E-state index in [0.29, 0.717) is 6.42 Å². The van der Waals surface area contributed by atoms with E-state index in [1.54, 1.807) is 19.1 Å². The molecule has 1 amide bonds. The number of ether oxygens (including phenoxy) is 1. The van der Waals surface area contributed by atoms with E-state index in [9.17, 15) is 9.59 Å². The summed E-state index contributed by atoms with van der Waals surface area (Å²) in [5.41, 5.74) is 0.934. The quantitative estimate of drug-likeness (QED) is 0.832. The smallest absolute Gasteiger partial charge is 0.303 e. The van der Waals surface area contributed by atoms with Gasteiger partial charge >= 0.3 is 5.97 Å². The maximum absolute atomic E-state index is 12.0. The number of hydrogen-bond donors (Lipinski definition) is 1. The Hall–Kier alpha value is -2.04. The predicted octanol–water partition coefficient (Wildman–Crippen LogP) is 2.47. The van der Waals surface area contributed by atoms with Crippen LogP contribution in [0.15, 0.2) is 24.3 Å². The summed E-state index contributed by atoms with van der Waals surface area (Å²) in [4.78, 5) is 24.1. The van der Waals surface area contributed by atoms with Crippen LogP contribution in [0.2, 0.25) is 0 Å². The van der Waals surface area contributed by atoms with Crippen molar-refractivity contribution in [1.29, 1.82) is 0 Å². The first-order chi connectivity index (χ1) is 9.47. The molecule has 1 atom stereocenters. The van der Waals surface area contributed by atoms with Crippen LogP contribution >= 0.6 is 0 Å². The maximum atomic E-state index is 12.0. The SMILES string of the molecule is COc1ccccc1C(C)N(C)C(=O)CCCC(=O)O. The summed E-state index contributed by atoms with van der Waals surface area (Å²) in [6.45, 7) is 1.92. The molecule has 0 saturated heterocycles. The van der Waals surface area contributed by atoms with Crippen LogP contribution in [0.5, 0.6) is 5.75 Å². The van der Waals surface area contributed by atoms with Crippen molar-refractivity contribution in [2.75, 3.05) is 14.2 Å². The average Bonchev–Trinajstić information content (AvgIpc) is 2.45. The van der Waals surface area contributed by atoms with E-state index in [-0.39, 0.29) is 24.8 Å². The summed E-state index contributed by atoms with van der Waals surface area (Å²) in [6.07, 6.45) is 0.613. The zero-order valence-electron chi connectivity index (χ0n) is 12.1. The van der Waals surface area contributed by atoms with E-state index in [4.69, 9.17) is 9.84 Å². The van der Waals surface area contributed by atoms with E-state index in [0.717, 1.165) is 11.3 Å². The van der Waals surface area contributed by atoms with Crippen LogP contribution in [0.4, 0.5) is 0 Å². The molecule has 1 rings (SSSR count). The largest absolute Gasteiger partial charge is 0.496 e. The third kappa shape index (κ3) is 4.26. The number of carboxylic acids is 1. The number of carbonyl (C=O) groups excluding carboxylic acids is 1. The molecular weight excluding hydrogens is 258 g/mol. The lowest BCUT2D eigenvalue weighted by atomic mass is 10.1. The van der Waals surface area contributed by atoms with Crippen LogP contribution in [0, 0.1) is 0 Å². The van der Waals surface area contributed by atoms with E-state index < -0.39 is 5.97 Å². The van der Waals surface area contributed by atoms with Gasteiger partial charge in [-0.05, 0) is 19.4 Å². The Bertz CT molecular complexity index is 473. The lowest BCUT2D eigenvalue weighted by Gasteiger charge is -2.26. The van der Waals surface area contributed by atoms with Gasteiger partial charge in [0.05, 0.1) is 13.2 Å². The number of carboxylic acid groups (broad SMARTS) is 1. The fraction of sp³-hybridized carbons (Fsp3) is 0.467. The van der Waals surface area contributed by atoms with E-state index >= 15 is 0 Å². The maximum Gasteiger partial charge on any atom is 0.303 e. The molecule has 110 valence electrons. The van der Waals surface area contributed by atoms with Gasteiger partial charge in [-0.1, -0.05) is 18.2 Å². The fourth-order valence-corrected chi connectivity index (χ4v) is 2.00. The van der Waals surface area contributed by atoms with Crippen LogP contribution in [0.1, 0.15) is 37.8 Å². The van der Waals surface area contributed by atoms with Crippen molar-refractivity contribution in [2.24, 2.45) is 0 Å². The second kappa shape index (κ2) is 7.53. The lowest BCUT2D eigenvalue weighted by Crippen LogP contribution is -2.29. The van der Waals surface area contributed by atoms with Gasteiger partial charge in [-0.3, -0.25) is 9.59 Å². The van der Waals surface area contributed by atoms with Crippen molar-refractivity contribution in [2.45, 2.75) is 32.2 Å². The third-order valence-corrected chi connectivity index (χ3v) is 3.34. The number of nitrogens with zero attached hydrogens (tertiary/aromatic N) is 1. The first-order valence-corrected chi connectivity index (χ1v) is 6.57. The minimum atomic E-state index is -0.877. The molecule has 0 aliphatic heterocycles. The van der Waals surface area contributed by atoms with Crippen LogP contribution in [0.3, 0.4) is 0 Å². The zero-order chi connectivity index (χ0) is 15.1. The lowest BCUT2D eigenvalue weighted by molar-refractivity contribution is -0.137. The van der Waals surface area contributed by atoms with Crippen LogP contribution in [-0.4, -0.2) is 36.0 Å². The minimum Gasteiger partial charge on any atom is -0.496 e. The van der Waals surface area contributed by atoms with Gasteiger partial charge in [0.2, 0.25) is 5.91 Å². The topological polar surface area (TPSA) is 66.8 Å². The molecule has 0 aromatic heterocycles. The summed E-state index contributed by atoms with van der Waals surface area (Å²) in [5, 5.41) is 8.58. The minimum absolute atomic E-state index is 0.0165. The Morgan fingerprint density at radius 2 is 1.95 bits per heavy atom. The molecule has 20 heavy (non-hydrogen) atoms. The van der Waals surface area contributed by atoms with Crippen molar-refractivity contribution < 1.29 is 19.4 Å². The Morgan fingerprint density at radius 3 is 2.55 bits per heavy atom. The van der Waals surface area contributed by atoms with Gasteiger partial charge in [0.25, 0.3) is 0 Å². The Kier molecular flexibility index (Phi) is 6.03. The second-order valence-electron chi connectivity index (χ2n) is 4.67. The van der Waals surface area contributed by atoms with E-state index in [2.05, 4.69) is 0 Å². The van der Waals surface area contributed by atoms with Gasteiger partial charge in [0.15, 0.2) is 0 Å². The van der Waals surface area contributed by atoms with E-state index in [1.165, 1.54) is 0 Å². The number of para-hydroxylation sites is 1. The Balaban J connectivity index is 2.68. The summed E-state index contributed by atoms with van der Waals surface area (Å²) in [5.74, 6) is -0.201. The number of benzene rings is 1. The van der Waals surface area contributed by atoms with Crippen LogP contribution in [0.25, 0.3) is 0 Å². The second-order valence-corrected chi connectivity index (χ2v) is 4.67. The van der Waals surface area contributed by atoms with Crippen molar-refractivity contribution in [3.05, 3.63) is 29.8 Å². The van der Waals surface area contributed by atoms with Crippen LogP contribution in [-0.2, 0) is 9.59 Å². The molecule has 5 heteroatoms. The molecule has 1 N–H and O–H groups in total. The van der Waals surface area contributed by atoms with Crippen molar-refractivity contribution in [1.82, 2.24) is 4.90 Å². The standard InChI is InChI=1S/C15H21NO4/c1-11(12-7-4-5-8-13(12)20-3)16(2)14(17)9-6-10-15(18)19/h4-5,7-8,11H,6,9-10H2,1-3H3,(H,18,19). The highest BCUT2D eigenvalue weighted by molar-refractivity contribution is 5.77. The molecule has 1 unspecified atom stereocenters. The Labute approximate surface area is 119 Å². The molecule has 0 spiro atoms. The van der Waals surface area contributed by atoms with Gasteiger partial charge in [-0.15, -0.1) is 0 Å². The fourth-order valence-electron chi connectivity index (χ4n) is 2.00. The highest BCUT2D eigenvalue weighted by Gasteiger charge is 2.19. The van der Waals surface area contributed by atoms with Gasteiger partial charge in [0, 0.05) is 25.5 Å². The molecule has 0 fully saturated rings. The number of methoxy groups -OCH3 is 1. The van der Waals surface area contributed by atoms with Gasteiger partial charge < -0.3 is 14.7 Å². The number of hydrogen-bond acceptors (Lipinski definition) is 3. The van der Waals surface area contributed by atoms with Gasteiger partial charge in [-0.25, -0.2) is 0 Å². The normalized spacial score (nSPS) is 11.8. The molecule has 1 aromatic carbocycles. The monoisotopic (exact) mass is 279 g/mol. The molecule has 0 radical (unpaired) electrons. The summed E-state index contributed by atoms with van der Waals surface area (Å²) in [6, 6.07) is 7.43. The predicted molar refractivity (Wildman–Crippen MR) is 75.7 cm³/mol. The van der Waals surface area contributed by atoms with Crippen molar-refractivity contribution in [3.63, 3.8) is 0 Å². The van der Waals surface area contributed by atoms with Gasteiger partial charge in [0.1, 0.15) is 5.75 Å². The first-order valence-electron chi connectivity index (χ1n) is 6.57. The highest BCUT2D eigenvalue weighted by atomic mass is 16.5. The molecule has 0 aliphatic rings. The number of amides is 1. The molecule has 0 heterocycles. The molecule has 0 saturated carbocycles. The first kappa shape index (κ1) is 16.0. The van der Waals surface area contributed by atoms with Crippen molar-refractivity contribution in [3.8, 4) is 5.75 Å². The molecule has 0 bridgehead atoms. The van der Waals surface area contributed by atoms with Crippen molar-refractivity contribution >= 4 is 11.9 Å². The summed E-state index contributed by atoms with van der Waals surface area (Å²) >= 11 is 0. The molecule has 1 aromatic rings. The number of rotatable bonds is 7. The number of carbonyl (C=O) groups is 2. The average molecular weight is 279 g/mol. The highest BCUT2D eigenvalue weighted by Crippen LogP contribution is 2.28. The van der Waals surface area contributed by atoms with E-state index in [1.807, 2.05) is 31.2 Å². The van der Waals surface area contributed by atoms with Gasteiger partial charge in [-0.2, -0.15) is 0 Å². The number of aliphatic carboxylic acids is 1. The summed E-state index contributed by atoms with van der Waals surface area (Å²) < 4.78 is 5.29. The zero-order valence-corrected chi connectivity index (χ0v) is 12.1. The molecule has 5 nitrogen and oxygen atoms in total. The third-order valence-electron chi connectivity index (χ3n) is 3.34. The molecular formula is C15H21NO4. The molecule has 0 aliphatic carbocycles.